The van der Waals surface area contributed by atoms with E-state index in [-0.39, 0.29) is 38.1 Å². The molecule has 2 fully saturated rings. The van der Waals surface area contributed by atoms with Gasteiger partial charge in [0, 0.05) is 79.6 Å². The Labute approximate surface area is 293 Å². The lowest BCUT2D eigenvalue weighted by Gasteiger charge is -2.35. The molecule has 6 rings (SSSR count). The van der Waals surface area contributed by atoms with E-state index in [2.05, 4.69) is 42.7 Å². The molecular weight excluding hydrogens is 663 g/mol. The van der Waals surface area contributed by atoms with E-state index < -0.39 is 0 Å². The summed E-state index contributed by atoms with van der Waals surface area (Å²) in [5.74, 6) is 1.18. The van der Waals surface area contributed by atoms with Crippen LogP contribution in [-0.2, 0) is 30.3 Å². The van der Waals surface area contributed by atoms with Gasteiger partial charge in [-0.15, -0.1) is 11.3 Å². The summed E-state index contributed by atoms with van der Waals surface area (Å²) in [5.41, 5.74) is 11.1. The molecule has 0 saturated carbocycles. The average Bonchev–Trinajstić information content (AvgIpc) is 3.80. The number of piperazine rings is 1. The molecule has 1 N–H and O–H groups in total. The van der Waals surface area contributed by atoms with Gasteiger partial charge in [0.1, 0.15) is 6.54 Å². The average molecular weight is 704 g/mol. The quantitative estimate of drug-likeness (QED) is 0.0600. The van der Waals surface area contributed by atoms with E-state index >= 15 is 0 Å². The van der Waals surface area contributed by atoms with Crippen molar-refractivity contribution in [2.45, 2.75) is 6.54 Å². The summed E-state index contributed by atoms with van der Waals surface area (Å²) in [6.07, 6.45) is 3.03. The van der Waals surface area contributed by atoms with E-state index in [1.165, 1.54) is 15.9 Å². The molecule has 3 aromatic heterocycles. The predicted octanol–water partition coefficient (Wildman–Crippen LogP) is 3.07. The molecule has 2 saturated heterocycles. The fourth-order valence-corrected chi connectivity index (χ4v) is 7.15. The first-order chi connectivity index (χ1) is 24.5. The fourth-order valence-electron chi connectivity index (χ4n) is 6.00. The van der Waals surface area contributed by atoms with Crippen LogP contribution in [0.25, 0.3) is 43.0 Å². The molecule has 264 valence electrons. The van der Waals surface area contributed by atoms with E-state index in [1.54, 1.807) is 11.3 Å². The first-order valence-corrected chi connectivity index (χ1v) is 17.5. The number of aromatic amines is 1. The number of amides is 2. The standard InChI is InChI=1S/C33H41N11O5S/c1-2-29(45)44(13-17-49-19-18-47-14-6-35-40-34)23-30(46)42-9-7-41(8-10-42)22-24-20-28-31(50-24)33(43-11-15-48-16-12-43)38-32(37-28)25-4-3-5-27-26(25)21-36-39-27/h2-5,20-21H,1,6-19,22-23H2,(H,36,39). The number of fused-ring (bicyclic) bond motifs is 2. The molecule has 0 aliphatic carbocycles. The number of carbonyl (C=O) groups excluding carboxylic acids is 2. The maximum Gasteiger partial charge on any atom is 0.246 e. The molecule has 1 aromatic carbocycles. The van der Waals surface area contributed by atoms with Crippen LogP contribution in [-0.4, -0.2) is 145 Å². The summed E-state index contributed by atoms with van der Waals surface area (Å²) < 4.78 is 17.6. The van der Waals surface area contributed by atoms with Gasteiger partial charge in [-0.1, -0.05) is 23.8 Å². The Morgan fingerprint density at radius 3 is 2.68 bits per heavy atom. The van der Waals surface area contributed by atoms with Gasteiger partial charge in [-0.25, -0.2) is 9.97 Å². The molecule has 5 heterocycles. The third-order valence-electron chi connectivity index (χ3n) is 8.63. The Kier molecular flexibility index (Phi) is 12.2. The first kappa shape index (κ1) is 35.2. The van der Waals surface area contributed by atoms with Gasteiger partial charge in [-0.3, -0.25) is 19.6 Å². The number of benzene rings is 1. The van der Waals surface area contributed by atoms with Crippen molar-refractivity contribution in [2.75, 3.05) is 103 Å². The minimum Gasteiger partial charge on any atom is -0.379 e. The van der Waals surface area contributed by atoms with Gasteiger partial charge < -0.3 is 28.9 Å². The molecular formula is C33H41N11O5S. The topological polar surface area (TPSA) is 178 Å². The molecule has 50 heavy (non-hydrogen) atoms. The second-order valence-electron chi connectivity index (χ2n) is 11.8. The van der Waals surface area contributed by atoms with Crippen LogP contribution in [0, 0.1) is 0 Å². The predicted molar refractivity (Wildman–Crippen MR) is 190 cm³/mol. The van der Waals surface area contributed by atoms with Crippen molar-refractivity contribution in [1.82, 2.24) is 34.9 Å². The summed E-state index contributed by atoms with van der Waals surface area (Å²) >= 11 is 1.72. The van der Waals surface area contributed by atoms with Gasteiger partial charge in [0.25, 0.3) is 0 Å². The van der Waals surface area contributed by atoms with Crippen LogP contribution in [0.2, 0.25) is 0 Å². The van der Waals surface area contributed by atoms with Crippen LogP contribution < -0.4 is 4.90 Å². The van der Waals surface area contributed by atoms with Crippen molar-refractivity contribution < 1.29 is 23.8 Å². The van der Waals surface area contributed by atoms with E-state index in [9.17, 15) is 9.59 Å². The Balaban J connectivity index is 1.05. The lowest BCUT2D eigenvalue weighted by atomic mass is 10.1. The highest BCUT2D eigenvalue weighted by Gasteiger charge is 2.26. The van der Waals surface area contributed by atoms with Gasteiger partial charge in [-0.05, 0) is 23.7 Å². The van der Waals surface area contributed by atoms with E-state index in [0.717, 1.165) is 52.1 Å². The van der Waals surface area contributed by atoms with Crippen molar-refractivity contribution in [3.05, 3.63) is 58.4 Å². The zero-order valence-electron chi connectivity index (χ0n) is 27.9. The van der Waals surface area contributed by atoms with E-state index in [1.807, 2.05) is 29.3 Å². The summed E-state index contributed by atoms with van der Waals surface area (Å²) in [6.45, 7) is 11.5. The second kappa shape index (κ2) is 17.3. The highest BCUT2D eigenvalue weighted by Crippen LogP contribution is 2.36. The Hall–Kier alpha value is -4.64. The van der Waals surface area contributed by atoms with Gasteiger partial charge in [0.2, 0.25) is 11.8 Å². The third kappa shape index (κ3) is 8.74. The molecule has 17 heteroatoms. The molecule has 2 amide bonds. The smallest absolute Gasteiger partial charge is 0.246 e. The van der Waals surface area contributed by atoms with Crippen molar-refractivity contribution in [3.8, 4) is 11.4 Å². The Bertz CT molecular complexity index is 1830. The largest absolute Gasteiger partial charge is 0.379 e. The minimum atomic E-state index is -0.319. The molecule has 0 atom stereocenters. The van der Waals surface area contributed by atoms with Crippen molar-refractivity contribution in [1.29, 1.82) is 0 Å². The highest BCUT2D eigenvalue weighted by atomic mass is 32.1. The van der Waals surface area contributed by atoms with Crippen LogP contribution in [0.4, 0.5) is 5.82 Å². The molecule has 2 aliphatic heterocycles. The normalized spacial score (nSPS) is 15.4. The molecule has 0 unspecified atom stereocenters. The number of morpholine rings is 1. The van der Waals surface area contributed by atoms with Crippen LogP contribution in [0.1, 0.15) is 4.88 Å². The van der Waals surface area contributed by atoms with Crippen molar-refractivity contribution >= 4 is 50.1 Å². The number of anilines is 1. The number of thiophene rings is 1. The monoisotopic (exact) mass is 703 g/mol. The number of azide groups is 1. The zero-order valence-corrected chi connectivity index (χ0v) is 28.7. The maximum atomic E-state index is 13.2. The number of rotatable bonds is 16. The van der Waals surface area contributed by atoms with Gasteiger partial charge in [0.15, 0.2) is 11.6 Å². The number of hydrogen-bond donors (Lipinski definition) is 1. The Morgan fingerprint density at radius 1 is 1.10 bits per heavy atom. The van der Waals surface area contributed by atoms with Gasteiger partial charge in [0.05, 0.1) is 61.6 Å². The molecule has 4 aromatic rings. The molecule has 0 bridgehead atoms. The third-order valence-corrected chi connectivity index (χ3v) is 9.74. The van der Waals surface area contributed by atoms with E-state index in [0.29, 0.717) is 65.0 Å². The molecule has 16 nitrogen and oxygen atoms in total. The number of hydrogen-bond acceptors (Lipinski definition) is 12. The number of nitrogens with zero attached hydrogens (tertiary/aromatic N) is 10. The van der Waals surface area contributed by atoms with Crippen LogP contribution in [0.3, 0.4) is 0 Å². The van der Waals surface area contributed by atoms with Crippen LogP contribution in [0.5, 0.6) is 0 Å². The van der Waals surface area contributed by atoms with Gasteiger partial charge >= 0.3 is 0 Å². The number of ether oxygens (including phenoxy) is 3. The molecule has 0 radical (unpaired) electrons. The zero-order chi connectivity index (χ0) is 34.7. The first-order valence-electron chi connectivity index (χ1n) is 16.7. The SMILES string of the molecule is C=CC(=O)N(CCOCCOCCN=[N+]=[N-])CC(=O)N1CCN(Cc2cc3nc(-c4cccc5[nH]ncc45)nc(N4CCOCC4)c3s2)CC1. The fraction of sp³-hybridized carbons (Fsp3) is 0.485. The number of nitrogens with one attached hydrogen (secondary N) is 1. The van der Waals surface area contributed by atoms with Crippen molar-refractivity contribution in [3.63, 3.8) is 0 Å². The van der Waals surface area contributed by atoms with E-state index in [4.69, 9.17) is 29.7 Å². The molecule has 2 aliphatic rings. The maximum absolute atomic E-state index is 13.2. The highest BCUT2D eigenvalue weighted by molar-refractivity contribution is 7.19. The number of H-pyrrole nitrogens is 1. The summed E-state index contributed by atoms with van der Waals surface area (Å²) in [7, 11) is 0. The summed E-state index contributed by atoms with van der Waals surface area (Å²) in [6, 6.07) is 8.18. The summed E-state index contributed by atoms with van der Waals surface area (Å²) in [5, 5.41) is 11.7. The van der Waals surface area contributed by atoms with Crippen LogP contribution in [0.15, 0.2) is 48.2 Å². The van der Waals surface area contributed by atoms with Crippen molar-refractivity contribution in [2.24, 2.45) is 5.11 Å². The minimum absolute atomic E-state index is 0.0367. The lowest BCUT2D eigenvalue weighted by Crippen LogP contribution is -2.51. The second-order valence-corrected chi connectivity index (χ2v) is 13.0. The van der Waals surface area contributed by atoms with Gasteiger partial charge in [-0.2, -0.15) is 5.10 Å². The number of carbonyl (C=O) groups is 2. The van der Waals surface area contributed by atoms with Crippen LogP contribution >= 0.6 is 11.3 Å². The Morgan fingerprint density at radius 2 is 1.90 bits per heavy atom. The molecule has 0 spiro atoms. The lowest BCUT2D eigenvalue weighted by molar-refractivity contribution is -0.140. The number of aromatic nitrogens is 4. The summed E-state index contributed by atoms with van der Waals surface area (Å²) in [4.78, 5) is 47.6.